The minimum atomic E-state index is -0.399. The lowest BCUT2D eigenvalue weighted by atomic mass is 10.1. The molecule has 2 heterocycles. The number of carbonyl (C=O) groups is 1. The van der Waals surface area contributed by atoms with Crippen LogP contribution in [0.3, 0.4) is 0 Å². The minimum Gasteiger partial charge on any atom is -0.496 e. The monoisotopic (exact) mass is 419 g/mol. The van der Waals surface area contributed by atoms with Gasteiger partial charge in [0, 0.05) is 11.5 Å². The second-order valence-corrected chi connectivity index (χ2v) is 7.38. The summed E-state index contributed by atoms with van der Waals surface area (Å²) >= 11 is 1.28. The molecule has 2 aromatic heterocycles. The summed E-state index contributed by atoms with van der Waals surface area (Å²) in [6.45, 7) is 1.78. The molecule has 0 aliphatic rings. The molecule has 8 heteroatoms. The zero-order valence-electron chi connectivity index (χ0n) is 16.2. The Morgan fingerprint density at radius 2 is 2.03 bits per heavy atom. The number of hydrogen-bond donors (Lipinski definition) is 1. The fraction of sp³-hybridized carbons (Fsp3) is 0.0909. The van der Waals surface area contributed by atoms with Crippen LogP contribution in [0.1, 0.15) is 20.9 Å². The smallest absolute Gasteiger partial charge is 0.336 e. The topological polar surface area (TPSA) is 93.8 Å². The summed E-state index contributed by atoms with van der Waals surface area (Å²) in [4.78, 5) is 28.8. The summed E-state index contributed by atoms with van der Waals surface area (Å²) in [5.41, 5.74) is 4.84. The number of thiazole rings is 1. The molecule has 0 unspecified atom stereocenters. The first-order valence-corrected chi connectivity index (χ1v) is 9.85. The molecule has 0 fully saturated rings. The van der Waals surface area contributed by atoms with Crippen molar-refractivity contribution in [1.29, 1.82) is 0 Å². The highest BCUT2D eigenvalue weighted by atomic mass is 32.1. The first kappa shape index (κ1) is 19.5. The van der Waals surface area contributed by atoms with Gasteiger partial charge in [-0.25, -0.2) is 15.2 Å². The molecule has 1 amide bonds. The second-order valence-electron chi connectivity index (χ2n) is 6.38. The number of fused-ring (bicyclic) bond motifs is 1. The van der Waals surface area contributed by atoms with Crippen LogP contribution < -0.4 is 15.8 Å². The number of aromatic nitrogens is 1. The second kappa shape index (κ2) is 8.30. The average Bonchev–Trinajstić information content (AvgIpc) is 3.15. The van der Waals surface area contributed by atoms with E-state index in [9.17, 15) is 9.59 Å². The maximum atomic E-state index is 12.6. The quantitative estimate of drug-likeness (QED) is 0.300. The van der Waals surface area contributed by atoms with Gasteiger partial charge in [0.1, 0.15) is 21.2 Å². The number of hydrogen-bond acceptors (Lipinski definition) is 7. The predicted molar refractivity (Wildman–Crippen MR) is 116 cm³/mol. The van der Waals surface area contributed by atoms with Gasteiger partial charge in [0.15, 0.2) is 0 Å². The first-order valence-electron chi connectivity index (χ1n) is 9.03. The van der Waals surface area contributed by atoms with E-state index in [1.165, 1.54) is 23.6 Å². The van der Waals surface area contributed by atoms with Crippen molar-refractivity contribution in [2.75, 3.05) is 7.11 Å². The molecule has 0 atom stereocenters. The molecule has 0 radical (unpaired) electrons. The first-order chi connectivity index (χ1) is 14.5. The maximum absolute atomic E-state index is 12.6. The van der Waals surface area contributed by atoms with Gasteiger partial charge in [0.25, 0.3) is 5.91 Å². The van der Waals surface area contributed by atoms with Crippen molar-refractivity contribution in [2.24, 2.45) is 5.10 Å². The highest BCUT2D eigenvalue weighted by Crippen LogP contribution is 2.34. The minimum absolute atomic E-state index is 0.339. The number of aryl methyl sites for hydroxylation is 1. The molecule has 1 N–H and O–H groups in total. The van der Waals surface area contributed by atoms with Crippen molar-refractivity contribution in [3.8, 4) is 16.3 Å². The summed E-state index contributed by atoms with van der Waals surface area (Å²) in [6, 6.07) is 15.8. The molecule has 30 heavy (non-hydrogen) atoms. The van der Waals surface area contributed by atoms with Crippen molar-refractivity contribution >= 4 is 34.4 Å². The zero-order chi connectivity index (χ0) is 21.1. The van der Waals surface area contributed by atoms with Crippen molar-refractivity contribution in [1.82, 2.24) is 10.4 Å². The number of ether oxygens (including phenoxy) is 1. The third-order valence-electron chi connectivity index (χ3n) is 4.36. The van der Waals surface area contributed by atoms with E-state index in [4.69, 9.17) is 9.15 Å². The van der Waals surface area contributed by atoms with Crippen molar-refractivity contribution in [2.45, 2.75) is 6.92 Å². The molecule has 150 valence electrons. The Morgan fingerprint density at radius 1 is 1.20 bits per heavy atom. The van der Waals surface area contributed by atoms with Gasteiger partial charge in [0.05, 0.1) is 24.6 Å². The molecule has 0 aliphatic carbocycles. The van der Waals surface area contributed by atoms with E-state index in [1.54, 1.807) is 32.2 Å². The van der Waals surface area contributed by atoms with Crippen LogP contribution in [0, 0.1) is 6.92 Å². The molecular formula is C22H17N3O4S. The van der Waals surface area contributed by atoms with Gasteiger partial charge in [0.2, 0.25) is 0 Å². The van der Waals surface area contributed by atoms with Gasteiger partial charge >= 0.3 is 5.63 Å². The van der Waals surface area contributed by atoms with Crippen LogP contribution in [-0.2, 0) is 0 Å². The highest BCUT2D eigenvalue weighted by molar-refractivity contribution is 7.17. The summed E-state index contributed by atoms with van der Waals surface area (Å²) in [6.07, 6.45) is 1.53. The van der Waals surface area contributed by atoms with E-state index < -0.39 is 5.63 Å². The van der Waals surface area contributed by atoms with Crippen LogP contribution in [0.25, 0.3) is 21.5 Å². The van der Waals surface area contributed by atoms with Gasteiger partial charge in [-0.3, -0.25) is 4.79 Å². The van der Waals surface area contributed by atoms with E-state index in [1.807, 2.05) is 30.3 Å². The van der Waals surface area contributed by atoms with Crippen molar-refractivity contribution < 1.29 is 13.9 Å². The number of hydrazone groups is 1. The molecule has 0 bridgehead atoms. The SMILES string of the molecule is COc1ccccc1-c1nc(C)c(C(=O)NN=Cc2ccc3oc(=O)ccc3c2)s1. The Bertz CT molecular complexity index is 1320. The highest BCUT2D eigenvalue weighted by Gasteiger charge is 2.17. The van der Waals surface area contributed by atoms with E-state index >= 15 is 0 Å². The molecular weight excluding hydrogens is 402 g/mol. The third kappa shape index (κ3) is 3.99. The number of methoxy groups -OCH3 is 1. The van der Waals surface area contributed by atoms with Gasteiger partial charge in [-0.15, -0.1) is 11.3 Å². The third-order valence-corrected chi connectivity index (χ3v) is 5.55. The number of para-hydroxylation sites is 1. The van der Waals surface area contributed by atoms with Gasteiger partial charge < -0.3 is 9.15 Å². The number of benzene rings is 2. The Balaban J connectivity index is 1.51. The standard InChI is InChI=1S/C22H17N3O4S/c1-13-20(30-22(24-13)16-5-3-4-6-18(16)28-2)21(27)25-23-12-14-7-9-17-15(11-14)8-10-19(26)29-17/h3-12H,1-2H3,(H,25,27). The number of carbonyl (C=O) groups excluding carboxylic acids is 1. The molecule has 2 aromatic carbocycles. The van der Waals surface area contributed by atoms with E-state index in [2.05, 4.69) is 15.5 Å². The molecule has 4 aromatic rings. The van der Waals surface area contributed by atoms with E-state index in [0.717, 1.165) is 16.5 Å². The fourth-order valence-electron chi connectivity index (χ4n) is 2.93. The molecule has 0 aliphatic heterocycles. The average molecular weight is 419 g/mol. The Labute approximate surface area is 175 Å². The summed E-state index contributed by atoms with van der Waals surface area (Å²) < 4.78 is 10.5. The summed E-state index contributed by atoms with van der Waals surface area (Å²) in [5, 5.41) is 5.51. The Morgan fingerprint density at radius 3 is 2.87 bits per heavy atom. The van der Waals surface area contributed by atoms with Crippen LogP contribution in [0.4, 0.5) is 0 Å². The van der Waals surface area contributed by atoms with Gasteiger partial charge in [-0.05, 0) is 48.9 Å². The molecule has 0 spiro atoms. The van der Waals surface area contributed by atoms with E-state index in [0.29, 0.717) is 26.9 Å². The number of nitrogens with zero attached hydrogens (tertiary/aromatic N) is 2. The number of nitrogens with one attached hydrogen (secondary N) is 1. The maximum Gasteiger partial charge on any atom is 0.336 e. The lowest BCUT2D eigenvalue weighted by Crippen LogP contribution is -2.17. The fourth-order valence-corrected chi connectivity index (χ4v) is 3.92. The lowest BCUT2D eigenvalue weighted by Gasteiger charge is -2.04. The largest absolute Gasteiger partial charge is 0.496 e. The van der Waals surface area contributed by atoms with Crippen LogP contribution in [0.2, 0.25) is 0 Å². The molecule has 0 saturated heterocycles. The number of rotatable bonds is 5. The summed E-state index contributed by atoms with van der Waals surface area (Å²) in [5.74, 6) is 0.359. The molecule has 4 rings (SSSR count). The number of amides is 1. The van der Waals surface area contributed by atoms with Gasteiger partial charge in [-0.2, -0.15) is 5.10 Å². The molecule has 0 saturated carbocycles. The Hall–Kier alpha value is -3.78. The van der Waals surface area contributed by atoms with Crippen LogP contribution in [-0.4, -0.2) is 24.2 Å². The van der Waals surface area contributed by atoms with Crippen molar-refractivity contribution in [3.63, 3.8) is 0 Å². The van der Waals surface area contributed by atoms with Crippen molar-refractivity contribution in [3.05, 3.63) is 81.2 Å². The zero-order valence-corrected chi connectivity index (χ0v) is 17.0. The predicted octanol–water partition coefficient (Wildman–Crippen LogP) is 4.00. The van der Waals surface area contributed by atoms with Crippen LogP contribution in [0.15, 0.2) is 68.9 Å². The molecule has 7 nitrogen and oxygen atoms in total. The van der Waals surface area contributed by atoms with Crippen LogP contribution >= 0.6 is 11.3 Å². The Kier molecular flexibility index (Phi) is 5.40. The van der Waals surface area contributed by atoms with Crippen LogP contribution in [0.5, 0.6) is 5.75 Å². The summed E-state index contributed by atoms with van der Waals surface area (Å²) in [7, 11) is 1.60. The normalized spacial score (nSPS) is 11.1. The van der Waals surface area contributed by atoms with Gasteiger partial charge in [-0.1, -0.05) is 12.1 Å². The van der Waals surface area contributed by atoms with E-state index in [-0.39, 0.29) is 5.91 Å². The lowest BCUT2D eigenvalue weighted by molar-refractivity contribution is 0.0958.